The molecule has 0 aromatic carbocycles. The lowest BCUT2D eigenvalue weighted by atomic mass is 10.5. The van der Waals surface area contributed by atoms with Crippen molar-refractivity contribution >= 4 is 17.8 Å². The Bertz CT molecular complexity index is 238. The summed E-state index contributed by atoms with van der Waals surface area (Å²) in [4.78, 5) is 32.2. The maximum atomic E-state index is 10.8. The minimum atomic E-state index is -0.582. The van der Waals surface area contributed by atoms with Crippen LogP contribution in [0.1, 0.15) is 13.3 Å². The molecule has 1 rings (SSSR count). The van der Waals surface area contributed by atoms with Crippen molar-refractivity contribution in [3.05, 3.63) is 0 Å². The van der Waals surface area contributed by atoms with Gasteiger partial charge < -0.3 is 0 Å². The van der Waals surface area contributed by atoms with Crippen LogP contribution in [0.5, 0.6) is 0 Å². The van der Waals surface area contributed by atoms with Gasteiger partial charge >= 0.3 is 6.03 Å². The monoisotopic (exact) mass is 171 g/mol. The van der Waals surface area contributed by atoms with E-state index in [4.69, 9.17) is 0 Å². The molecule has 4 amide bonds. The molecule has 66 valence electrons. The number of urea groups is 1. The van der Waals surface area contributed by atoms with Crippen molar-refractivity contribution in [2.45, 2.75) is 13.3 Å². The number of amides is 4. The number of rotatable bonds is 2. The molecule has 1 aliphatic heterocycles. The van der Waals surface area contributed by atoms with Gasteiger partial charge in [0.1, 0.15) is 6.54 Å². The van der Waals surface area contributed by atoms with E-state index >= 15 is 0 Å². The molecule has 0 aliphatic carbocycles. The zero-order chi connectivity index (χ0) is 9.14. The fraction of sp³-hybridized carbons (Fsp3) is 0.500. The van der Waals surface area contributed by atoms with Crippen molar-refractivity contribution in [2.75, 3.05) is 6.54 Å². The van der Waals surface area contributed by atoms with Gasteiger partial charge in [0.25, 0.3) is 0 Å². The number of carbonyl (C=O) groups is 3. The summed E-state index contributed by atoms with van der Waals surface area (Å²) in [6, 6.07) is -0.582. The zero-order valence-corrected chi connectivity index (χ0v) is 6.59. The highest BCUT2D eigenvalue weighted by Crippen LogP contribution is 1.93. The second-order valence-electron chi connectivity index (χ2n) is 2.33. The molecule has 1 aliphatic rings. The van der Waals surface area contributed by atoms with E-state index in [1.165, 1.54) is 0 Å². The summed E-state index contributed by atoms with van der Waals surface area (Å²) >= 11 is 0. The Kier molecular flexibility index (Phi) is 2.27. The molecule has 6 heteroatoms. The Balaban J connectivity index is 2.48. The molecular formula is C6H9N3O3. The van der Waals surface area contributed by atoms with Crippen molar-refractivity contribution in [3.8, 4) is 0 Å². The number of nitrogens with zero attached hydrogens (tertiary/aromatic N) is 1. The lowest BCUT2D eigenvalue weighted by Crippen LogP contribution is -2.43. The standard InChI is InChI=1S/C6H9N3O3/c1-2-4(10)8-9-3-5(11)7-6(9)12/h2-3H2,1H3,(H,8,10)(H,7,11,12). The van der Waals surface area contributed by atoms with Crippen LogP contribution in [0, 0.1) is 0 Å². The minimum absolute atomic E-state index is 0.107. The van der Waals surface area contributed by atoms with Gasteiger partial charge in [0.2, 0.25) is 11.8 Å². The van der Waals surface area contributed by atoms with Crippen molar-refractivity contribution < 1.29 is 14.4 Å². The molecule has 12 heavy (non-hydrogen) atoms. The van der Waals surface area contributed by atoms with Crippen molar-refractivity contribution in [3.63, 3.8) is 0 Å². The zero-order valence-electron chi connectivity index (χ0n) is 6.59. The first-order chi connectivity index (χ1) is 5.63. The highest BCUT2D eigenvalue weighted by Gasteiger charge is 2.27. The Morgan fingerprint density at radius 2 is 2.33 bits per heavy atom. The van der Waals surface area contributed by atoms with Crippen LogP contribution in [0.15, 0.2) is 0 Å². The summed E-state index contributed by atoms with van der Waals surface area (Å²) in [7, 11) is 0. The van der Waals surface area contributed by atoms with Gasteiger partial charge in [-0.15, -0.1) is 0 Å². The Hall–Kier alpha value is -1.59. The highest BCUT2D eigenvalue weighted by molar-refractivity contribution is 6.02. The van der Waals surface area contributed by atoms with Gasteiger partial charge in [0.05, 0.1) is 0 Å². The van der Waals surface area contributed by atoms with E-state index in [9.17, 15) is 14.4 Å². The van der Waals surface area contributed by atoms with Crippen LogP contribution < -0.4 is 10.7 Å². The molecule has 6 nitrogen and oxygen atoms in total. The van der Waals surface area contributed by atoms with Crippen molar-refractivity contribution in [1.29, 1.82) is 0 Å². The second kappa shape index (κ2) is 3.21. The molecule has 1 heterocycles. The van der Waals surface area contributed by atoms with Crippen LogP contribution in [0.25, 0.3) is 0 Å². The summed E-state index contributed by atoms with van der Waals surface area (Å²) in [5.41, 5.74) is 2.27. The van der Waals surface area contributed by atoms with Gasteiger partial charge in [0.15, 0.2) is 0 Å². The Morgan fingerprint density at radius 3 is 2.75 bits per heavy atom. The van der Waals surface area contributed by atoms with Gasteiger partial charge in [-0.05, 0) is 0 Å². The second-order valence-corrected chi connectivity index (χ2v) is 2.33. The average molecular weight is 171 g/mol. The van der Waals surface area contributed by atoms with Crippen LogP contribution in [-0.4, -0.2) is 29.4 Å². The molecule has 0 radical (unpaired) electrons. The predicted molar refractivity (Wildman–Crippen MR) is 38.7 cm³/mol. The third kappa shape index (κ3) is 1.71. The first-order valence-corrected chi connectivity index (χ1v) is 3.54. The van der Waals surface area contributed by atoms with Crippen LogP contribution in [0.3, 0.4) is 0 Å². The number of carbonyl (C=O) groups excluding carboxylic acids is 3. The number of hydrogen-bond donors (Lipinski definition) is 2. The summed E-state index contributed by atoms with van der Waals surface area (Å²) in [5.74, 6) is -0.698. The van der Waals surface area contributed by atoms with E-state index < -0.39 is 11.9 Å². The third-order valence-electron chi connectivity index (χ3n) is 1.37. The van der Waals surface area contributed by atoms with E-state index in [0.29, 0.717) is 0 Å². The van der Waals surface area contributed by atoms with Gasteiger partial charge in [-0.3, -0.25) is 20.3 Å². The molecule has 0 saturated carbocycles. The predicted octanol–water partition coefficient (Wildman–Crippen LogP) is -1.02. The molecule has 1 fully saturated rings. The normalized spacial score (nSPS) is 16.2. The molecule has 0 spiro atoms. The molecule has 0 bridgehead atoms. The fourth-order valence-electron chi connectivity index (χ4n) is 0.762. The van der Waals surface area contributed by atoms with Crippen LogP contribution in [0.4, 0.5) is 4.79 Å². The minimum Gasteiger partial charge on any atom is -0.275 e. The number of nitrogens with one attached hydrogen (secondary N) is 2. The topological polar surface area (TPSA) is 78.5 Å². The molecule has 0 unspecified atom stereocenters. The first kappa shape index (κ1) is 8.51. The van der Waals surface area contributed by atoms with E-state index in [2.05, 4.69) is 5.43 Å². The van der Waals surface area contributed by atoms with Gasteiger partial charge in [-0.2, -0.15) is 0 Å². The summed E-state index contributed by atoms with van der Waals surface area (Å²) in [6.07, 6.45) is 0.276. The largest absolute Gasteiger partial charge is 0.343 e. The van der Waals surface area contributed by atoms with Crippen molar-refractivity contribution in [2.24, 2.45) is 0 Å². The van der Waals surface area contributed by atoms with E-state index in [-0.39, 0.29) is 18.9 Å². The van der Waals surface area contributed by atoms with Crippen LogP contribution >= 0.6 is 0 Å². The average Bonchev–Trinajstić information content (AvgIpc) is 2.30. The molecule has 0 aromatic heterocycles. The quantitative estimate of drug-likeness (QED) is 0.522. The van der Waals surface area contributed by atoms with Crippen LogP contribution in [0.2, 0.25) is 0 Å². The summed E-state index contributed by atoms with van der Waals surface area (Å²) in [5, 5.41) is 2.98. The summed E-state index contributed by atoms with van der Waals surface area (Å²) in [6.45, 7) is 1.55. The SMILES string of the molecule is CCC(=O)NN1CC(=O)NC1=O. The Labute approximate surface area is 68.9 Å². The lowest BCUT2D eigenvalue weighted by Gasteiger charge is -2.12. The lowest BCUT2D eigenvalue weighted by molar-refractivity contribution is -0.124. The van der Waals surface area contributed by atoms with Gasteiger partial charge in [-0.1, -0.05) is 6.92 Å². The molecular weight excluding hydrogens is 162 g/mol. The molecule has 1 saturated heterocycles. The number of imide groups is 1. The number of hydrogen-bond acceptors (Lipinski definition) is 3. The Morgan fingerprint density at radius 1 is 1.67 bits per heavy atom. The van der Waals surface area contributed by atoms with E-state index in [0.717, 1.165) is 5.01 Å². The van der Waals surface area contributed by atoms with Gasteiger partial charge in [-0.25, -0.2) is 9.80 Å². The van der Waals surface area contributed by atoms with Crippen LogP contribution in [-0.2, 0) is 9.59 Å². The first-order valence-electron chi connectivity index (χ1n) is 3.54. The van der Waals surface area contributed by atoms with Gasteiger partial charge in [0, 0.05) is 6.42 Å². The van der Waals surface area contributed by atoms with E-state index in [1.807, 2.05) is 5.32 Å². The fourth-order valence-corrected chi connectivity index (χ4v) is 0.762. The maximum Gasteiger partial charge on any atom is 0.343 e. The maximum absolute atomic E-state index is 10.8. The molecule has 2 N–H and O–H groups in total. The molecule has 0 atom stereocenters. The molecule has 0 aromatic rings. The smallest absolute Gasteiger partial charge is 0.275 e. The van der Waals surface area contributed by atoms with Crippen molar-refractivity contribution in [1.82, 2.24) is 15.8 Å². The summed E-state index contributed by atoms with van der Waals surface area (Å²) < 4.78 is 0. The highest BCUT2D eigenvalue weighted by atomic mass is 16.2. The number of hydrazine groups is 1. The van der Waals surface area contributed by atoms with E-state index in [1.54, 1.807) is 6.92 Å². The third-order valence-corrected chi connectivity index (χ3v) is 1.37.